The lowest BCUT2D eigenvalue weighted by molar-refractivity contribution is 0.0988. The number of anilines is 1. The molecule has 3 heterocycles. The van der Waals surface area contributed by atoms with Crippen molar-refractivity contribution in [3.8, 4) is 0 Å². The predicted octanol–water partition coefficient (Wildman–Crippen LogP) is 1.48. The SMILES string of the molecule is CC(C)S(=O)(=O)N1CCc2nc(NC(=O)c3ccno3)sc2C1. The second-order valence-electron chi connectivity index (χ2n) is 5.40. The summed E-state index contributed by atoms with van der Waals surface area (Å²) in [5, 5.41) is 6.10. The van der Waals surface area contributed by atoms with E-state index < -0.39 is 21.2 Å². The van der Waals surface area contributed by atoms with Gasteiger partial charge in [-0.05, 0) is 13.8 Å². The minimum atomic E-state index is -3.29. The quantitative estimate of drug-likeness (QED) is 0.889. The Labute approximate surface area is 137 Å². The van der Waals surface area contributed by atoms with E-state index in [1.807, 2.05) is 0 Å². The Kier molecular flexibility index (Phi) is 4.21. The number of amides is 1. The maximum absolute atomic E-state index is 12.3. The van der Waals surface area contributed by atoms with Crippen LogP contribution in [0.3, 0.4) is 0 Å². The molecule has 0 aromatic carbocycles. The molecule has 23 heavy (non-hydrogen) atoms. The molecule has 1 aliphatic rings. The summed E-state index contributed by atoms with van der Waals surface area (Å²) in [5.41, 5.74) is 0.832. The molecular formula is C13H16N4O4S2. The van der Waals surface area contributed by atoms with Crippen LogP contribution in [-0.4, -0.2) is 40.6 Å². The van der Waals surface area contributed by atoms with Crippen LogP contribution >= 0.6 is 11.3 Å². The first-order chi connectivity index (χ1) is 10.9. The molecule has 0 atom stereocenters. The highest BCUT2D eigenvalue weighted by molar-refractivity contribution is 7.89. The fourth-order valence-corrected chi connectivity index (χ4v) is 4.58. The van der Waals surface area contributed by atoms with E-state index in [9.17, 15) is 13.2 Å². The summed E-state index contributed by atoms with van der Waals surface area (Å²) in [4.78, 5) is 17.1. The second kappa shape index (κ2) is 6.02. The first-order valence-electron chi connectivity index (χ1n) is 7.07. The van der Waals surface area contributed by atoms with Crippen LogP contribution in [0.4, 0.5) is 5.13 Å². The van der Waals surface area contributed by atoms with Crippen LogP contribution < -0.4 is 5.32 Å². The van der Waals surface area contributed by atoms with E-state index in [-0.39, 0.29) is 5.76 Å². The van der Waals surface area contributed by atoms with Crippen LogP contribution in [-0.2, 0) is 23.0 Å². The maximum atomic E-state index is 12.3. The van der Waals surface area contributed by atoms with Crippen molar-refractivity contribution in [2.45, 2.75) is 32.1 Å². The van der Waals surface area contributed by atoms with E-state index in [2.05, 4.69) is 15.5 Å². The van der Waals surface area contributed by atoms with E-state index in [4.69, 9.17) is 4.52 Å². The minimum Gasteiger partial charge on any atom is -0.351 e. The Hall–Kier alpha value is -1.78. The summed E-state index contributed by atoms with van der Waals surface area (Å²) in [7, 11) is -3.29. The molecule has 2 aromatic heterocycles. The van der Waals surface area contributed by atoms with Crippen LogP contribution in [0.15, 0.2) is 16.8 Å². The monoisotopic (exact) mass is 356 g/mol. The highest BCUT2D eigenvalue weighted by atomic mass is 32.2. The first kappa shape index (κ1) is 16.1. The standard InChI is InChI=1S/C13H16N4O4S2/c1-8(2)23(19,20)17-6-4-9-11(7-17)22-13(15-9)16-12(18)10-3-5-14-21-10/h3,5,8H,4,6-7H2,1-2H3,(H,15,16,18). The molecule has 0 radical (unpaired) electrons. The first-order valence-corrected chi connectivity index (χ1v) is 9.39. The number of sulfonamides is 1. The normalized spacial score (nSPS) is 15.6. The smallest absolute Gasteiger partial charge is 0.296 e. The summed E-state index contributed by atoms with van der Waals surface area (Å²) in [5.74, 6) is -0.331. The van der Waals surface area contributed by atoms with Gasteiger partial charge in [0.05, 0.1) is 17.1 Å². The van der Waals surface area contributed by atoms with Gasteiger partial charge >= 0.3 is 0 Å². The van der Waals surface area contributed by atoms with Crippen LogP contribution in [0.5, 0.6) is 0 Å². The molecule has 0 bridgehead atoms. The van der Waals surface area contributed by atoms with Gasteiger partial charge in [-0.3, -0.25) is 10.1 Å². The second-order valence-corrected chi connectivity index (χ2v) is 8.97. The molecule has 1 aliphatic heterocycles. The molecule has 0 saturated heterocycles. The summed E-state index contributed by atoms with van der Waals surface area (Å²) >= 11 is 1.28. The van der Waals surface area contributed by atoms with Gasteiger partial charge < -0.3 is 4.52 Å². The molecule has 2 aromatic rings. The van der Waals surface area contributed by atoms with Crippen molar-refractivity contribution >= 4 is 32.4 Å². The molecule has 10 heteroatoms. The number of thiazole rings is 1. The third kappa shape index (κ3) is 3.14. The van der Waals surface area contributed by atoms with Crippen molar-refractivity contribution < 1.29 is 17.7 Å². The highest BCUT2D eigenvalue weighted by Crippen LogP contribution is 2.30. The van der Waals surface area contributed by atoms with E-state index >= 15 is 0 Å². The van der Waals surface area contributed by atoms with Crippen LogP contribution in [0.2, 0.25) is 0 Å². The Morgan fingerprint density at radius 1 is 1.48 bits per heavy atom. The van der Waals surface area contributed by atoms with E-state index in [0.29, 0.717) is 24.6 Å². The Morgan fingerprint density at radius 3 is 2.91 bits per heavy atom. The molecule has 0 aliphatic carbocycles. The summed E-state index contributed by atoms with van der Waals surface area (Å²) in [6, 6.07) is 1.46. The zero-order valence-electron chi connectivity index (χ0n) is 12.6. The number of carbonyl (C=O) groups excluding carboxylic acids is 1. The molecule has 1 amide bonds. The predicted molar refractivity (Wildman–Crippen MR) is 84.7 cm³/mol. The molecule has 0 unspecified atom stereocenters. The van der Waals surface area contributed by atoms with Gasteiger partial charge in [0, 0.05) is 30.5 Å². The van der Waals surface area contributed by atoms with Gasteiger partial charge in [-0.25, -0.2) is 13.4 Å². The Bertz CT molecular complexity index is 811. The molecule has 0 saturated carbocycles. The highest BCUT2D eigenvalue weighted by Gasteiger charge is 2.31. The van der Waals surface area contributed by atoms with Gasteiger partial charge in [0.15, 0.2) is 5.13 Å². The summed E-state index contributed by atoms with van der Waals surface area (Å²) in [6.07, 6.45) is 1.92. The number of fused-ring (bicyclic) bond motifs is 1. The van der Waals surface area contributed by atoms with Crippen molar-refractivity contribution in [2.24, 2.45) is 0 Å². The van der Waals surface area contributed by atoms with Crippen molar-refractivity contribution in [3.05, 3.63) is 28.6 Å². The van der Waals surface area contributed by atoms with E-state index in [0.717, 1.165) is 10.6 Å². The number of aromatic nitrogens is 2. The fraction of sp³-hybridized carbons (Fsp3) is 0.462. The van der Waals surface area contributed by atoms with Crippen molar-refractivity contribution in [2.75, 3.05) is 11.9 Å². The molecule has 8 nitrogen and oxygen atoms in total. The average Bonchev–Trinajstić information content (AvgIpc) is 3.15. The third-order valence-electron chi connectivity index (χ3n) is 3.53. The molecule has 0 spiro atoms. The van der Waals surface area contributed by atoms with E-state index in [1.54, 1.807) is 13.8 Å². The molecule has 124 valence electrons. The molecule has 3 rings (SSSR count). The Morgan fingerprint density at radius 2 is 2.26 bits per heavy atom. The summed E-state index contributed by atoms with van der Waals surface area (Å²) in [6.45, 7) is 4.04. The van der Waals surface area contributed by atoms with Crippen LogP contribution in [0.25, 0.3) is 0 Å². The molecule has 1 N–H and O–H groups in total. The molecular weight excluding hydrogens is 340 g/mol. The zero-order valence-corrected chi connectivity index (χ0v) is 14.3. The van der Waals surface area contributed by atoms with Crippen molar-refractivity contribution in [3.63, 3.8) is 0 Å². The van der Waals surface area contributed by atoms with Gasteiger partial charge in [-0.1, -0.05) is 5.16 Å². The van der Waals surface area contributed by atoms with Crippen molar-refractivity contribution in [1.29, 1.82) is 0 Å². The summed E-state index contributed by atoms with van der Waals surface area (Å²) < 4.78 is 30.8. The van der Waals surface area contributed by atoms with Crippen molar-refractivity contribution in [1.82, 2.24) is 14.4 Å². The lowest BCUT2D eigenvalue weighted by Gasteiger charge is -2.26. The largest absolute Gasteiger partial charge is 0.351 e. The lowest BCUT2D eigenvalue weighted by Crippen LogP contribution is -2.39. The Balaban J connectivity index is 1.75. The molecule has 0 fully saturated rings. The van der Waals surface area contributed by atoms with Gasteiger partial charge in [0.1, 0.15) is 0 Å². The number of rotatable bonds is 4. The topological polar surface area (TPSA) is 105 Å². The van der Waals surface area contributed by atoms with Gasteiger partial charge in [0.2, 0.25) is 15.8 Å². The van der Waals surface area contributed by atoms with Gasteiger partial charge in [0.25, 0.3) is 5.91 Å². The lowest BCUT2D eigenvalue weighted by atomic mass is 10.2. The number of carbonyl (C=O) groups is 1. The minimum absolute atomic E-state index is 0.0992. The average molecular weight is 356 g/mol. The fourth-order valence-electron chi connectivity index (χ4n) is 2.23. The zero-order chi connectivity index (χ0) is 16.6. The van der Waals surface area contributed by atoms with E-state index in [1.165, 1.54) is 27.9 Å². The van der Waals surface area contributed by atoms with Crippen LogP contribution in [0.1, 0.15) is 35.0 Å². The van der Waals surface area contributed by atoms with Gasteiger partial charge in [-0.2, -0.15) is 4.31 Å². The number of hydrogen-bond acceptors (Lipinski definition) is 7. The number of nitrogens with zero attached hydrogens (tertiary/aromatic N) is 3. The number of nitrogens with one attached hydrogen (secondary N) is 1. The van der Waals surface area contributed by atoms with Gasteiger partial charge in [-0.15, -0.1) is 11.3 Å². The van der Waals surface area contributed by atoms with Crippen LogP contribution in [0, 0.1) is 0 Å². The number of hydrogen-bond donors (Lipinski definition) is 1. The third-order valence-corrected chi connectivity index (χ3v) is 6.75. The maximum Gasteiger partial charge on any atom is 0.296 e.